The van der Waals surface area contributed by atoms with Crippen LogP contribution in [0.1, 0.15) is 37.3 Å². The summed E-state index contributed by atoms with van der Waals surface area (Å²) in [5, 5.41) is 0. The lowest BCUT2D eigenvalue weighted by Gasteiger charge is -2.12. The minimum atomic E-state index is -3.84. The van der Waals surface area contributed by atoms with Gasteiger partial charge in [-0.05, 0) is 47.9 Å². The van der Waals surface area contributed by atoms with E-state index in [1.807, 2.05) is 18.2 Å². The van der Waals surface area contributed by atoms with Gasteiger partial charge in [-0.3, -0.25) is 4.55 Å². The Morgan fingerprint density at radius 2 is 1.70 bits per heavy atom. The van der Waals surface area contributed by atoms with Crippen LogP contribution in [0.4, 0.5) is 0 Å². The van der Waals surface area contributed by atoms with Gasteiger partial charge in [0, 0.05) is 0 Å². The van der Waals surface area contributed by atoms with Crippen LogP contribution in [-0.4, -0.2) is 18.7 Å². The molecule has 0 unspecified atom stereocenters. The second-order valence-corrected chi connectivity index (χ2v) is 7.42. The maximum atomic E-state index is 10.7. The highest BCUT2D eigenvalue weighted by Gasteiger charge is 2.07. The van der Waals surface area contributed by atoms with Crippen molar-refractivity contribution >= 4 is 10.1 Å². The molecule has 0 radical (unpaired) electrons. The molecular formula is C19H24O3S. The number of hydrogen-bond donors (Lipinski definition) is 1. The zero-order chi connectivity index (χ0) is 16.7. The Morgan fingerprint density at radius 3 is 2.35 bits per heavy atom. The molecule has 0 saturated carbocycles. The quantitative estimate of drug-likeness (QED) is 0.571. The summed E-state index contributed by atoms with van der Waals surface area (Å²) in [7, 11) is -3.84. The molecule has 0 aliphatic rings. The van der Waals surface area contributed by atoms with E-state index in [-0.39, 0.29) is 5.75 Å². The van der Waals surface area contributed by atoms with Crippen LogP contribution in [0.25, 0.3) is 11.1 Å². The smallest absolute Gasteiger partial charge is 0.264 e. The largest absolute Gasteiger partial charge is 0.286 e. The summed E-state index contributed by atoms with van der Waals surface area (Å²) in [6, 6.07) is 16.9. The van der Waals surface area contributed by atoms with Crippen LogP contribution in [0.3, 0.4) is 0 Å². The number of benzene rings is 2. The van der Waals surface area contributed by atoms with E-state index in [1.54, 1.807) is 0 Å². The Balaban J connectivity index is 2.10. The van der Waals surface area contributed by atoms with E-state index in [9.17, 15) is 8.42 Å². The van der Waals surface area contributed by atoms with Gasteiger partial charge < -0.3 is 0 Å². The van der Waals surface area contributed by atoms with Crippen LogP contribution < -0.4 is 0 Å². The van der Waals surface area contributed by atoms with E-state index < -0.39 is 10.1 Å². The van der Waals surface area contributed by atoms with Crippen molar-refractivity contribution in [1.82, 2.24) is 0 Å². The van der Waals surface area contributed by atoms with Crippen LogP contribution in [0.2, 0.25) is 0 Å². The molecule has 23 heavy (non-hydrogen) atoms. The fourth-order valence-corrected chi connectivity index (χ4v) is 3.36. The van der Waals surface area contributed by atoms with Crippen LogP contribution >= 0.6 is 0 Å². The van der Waals surface area contributed by atoms with Crippen molar-refractivity contribution in [3.8, 4) is 11.1 Å². The Kier molecular flexibility index (Phi) is 6.37. The first-order valence-electron chi connectivity index (χ1n) is 8.12. The number of rotatable bonds is 8. The average Bonchev–Trinajstić information content (AvgIpc) is 2.52. The van der Waals surface area contributed by atoms with E-state index in [4.69, 9.17) is 4.55 Å². The van der Waals surface area contributed by atoms with Gasteiger partial charge in [-0.2, -0.15) is 8.42 Å². The lowest BCUT2D eigenvalue weighted by atomic mass is 9.93. The van der Waals surface area contributed by atoms with Gasteiger partial charge in [0.25, 0.3) is 10.1 Å². The van der Waals surface area contributed by atoms with E-state index in [0.717, 1.165) is 25.7 Å². The first-order chi connectivity index (χ1) is 11.0. The highest BCUT2D eigenvalue weighted by atomic mass is 32.2. The summed E-state index contributed by atoms with van der Waals surface area (Å²) in [5.74, 6) is -0.156. The third kappa shape index (κ3) is 5.81. The van der Waals surface area contributed by atoms with Crippen LogP contribution in [0.15, 0.2) is 48.5 Å². The summed E-state index contributed by atoms with van der Waals surface area (Å²) < 4.78 is 30.2. The molecule has 0 bridgehead atoms. The monoisotopic (exact) mass is 332 g/mol. The zero-order valence-electron chi connectivity index (χ0n) is 13.5. The predicted octanol–water partition coefficient (Wildman–Crippen LogP) is 4.52. The maximum absolute atomic E-state index is 10.7. The van der Waals surface area contributed by atoms with Crippen molar-refractivity contribution in [3.63, 3.8) is 0 Å². The van der Waals surface area contributed by atoms with Crippen molar-refractivity contribution in [2.24, 2.45) is 0 Å². The minimum absolute atomic E-state index is 0.156. The van der Waals surface area contributed by atoms with Gasteiger partial charge in [0.05, 0.1) is 5.75 Å². The second-order valence-electron chi connectivity index (χ2n) is 5.85. The molecular weight excluding hydrogens is 308 g/mol. The van der Waals surface area contributed by atoms with E-state index in [2.05, 4.69) is 37.3 Å². The molecule has 2 aromatic rings. The fraction of sp³-hybridized carbons (Fsp3) is 0.368. The zero-order valence-corrected chi connectivity index (χ0v) is 14.3. The second kappa shape index (κ2) is 8.27. The third-order valence-corrected chi connectivity index (χ3v) is 4.70. The van der Waals surface area contributed by atoms with Gasteiger partial charge in [0.2, 0.25) is 0 Å². The molecule has 2 aromatic carbocycles. The molecule has 0 atom stereocenters. The van der Waals surface area contributed by atoms with Crippen molar-refractivity contribution < 1.29 is 13.0 Å². The molecule has 0 aliphatic carbocycles. The predicted molar refractivity (Wildman–Crippen MR) is 95.2 cm³/mol. The molecule has 0 saturated heterocycles. The van der Waals surface area contributed by atoms with Gasteiger partial charge in [-0.1, -0.05) is 61.9 Å². The van der Waals surface area contributed by atoms with Crippen LogP contribution in [-0.2, 0) is 23.0 Å². The number of aryl methyl sites for hydroxylation is 2. The van der Waals surface area contributed by atoms with Crippen LogP contribution in [0.5, 0.6) is 0 Å². The Bertz CT molecular complexity index is 722. The maximum Gasteiger partial charge on any atom is 0.264 e. The van der Waals surface area contributed by atoms with Crippen molar-refractivity contribution in [2.75, 3.05) is 5.75 Å². The topological polar surface area (TPSA) is 54.4 Å². The summed E-state index contributed by atoms with van der Waals surface area (Å²) in [5.41, 5.74) is 5.07. The lowest BCUT2D eigenvalue weighted by molar-refractivity contribution is 0.480. The summed E-state index contributed by atoms with van der Waals surface area (Å²) in [6.45, 7) is 2.17. The fourth-order valence-electron chi connectivity index (χ4n) is 2.79. The van der Waals surface area contributed by atoms with Crippen LogP contribution in [0, 0.1) is 0 Å². The standard InChI is InChI=1S/C19H24O3S/c1-2-8-18-15-16(9-6-7-14-23(20,21)22)12-13-19(18)17-10-4-3-5-11-17/h3-5,10-13,15H,2,6-9,14H2,1H3,(H,20,21,22). The Morgan fingerprint density at radius 1 is 0.957 bits per heavy atom. The van der Waals surface area contributed by atoms with Gasteiger partial charge in [-0.25, -0.2) is 0 Å². The minimum Gasteiger partial charge on any atom is -0.286 e. The van der Waals surface area contributed by atoms with Gasteiger partial charge >= 0.3 is 0 Å². The van der Waals surface area contributed by atoms with E-state index in [1.165, 1.54) is 22.3 Å². The normalized spacial score (nSPS) is 11.6. The molecule has 0 heterocycles. The van der Waals surface area contributed by atoms with E-state index in [0.29, 0.717) is 6.42 Å². The third-order valence-electron chi connectivity index (χ3n) is 3.89. The SMILES string of the molecule is CCCc1cc(CCCCS(=O)(=O)O)ccc1-c1ccccc1. The molecule has 3 nitrogen and oxygen atoms in total. The molecule has 0 aliphatic heterocycles. The molecule has 2 rings (SSSR count). The van der Waals surface area contributed by atoms with Crippen molar-refractivity contribution in [2.45, 2.75) is 39.0 Å². The molecule has 4 heteroatoms. The van der Waals surface area contributed by atoms with E-state index >= 15 is 0 Å². The van der Waals surface area contributed by atoms with Crippen molar-refractivity contribution in [1.29, 1.82) is 0 Å². The van der Waals surface area contributed by atoms with Gasteiger partial charge in [-0.15, -0.1) is 0 Å². The molecule has 0 amide bonds. The number of hydrogen-bond acceptors (Lipinski definition) is 2. The molecule has 0 spiro atoms. The Labute approximate surface area is 139 Å². The summed E-state index contributed by atoms with van der Waals surface area (Å²) >= 11 is 0. The molecule has 0 fully saturated rings. The molecule has 0 aromatic heterocycles. The van der Waals surface area contributed by atoms with Crippen molar-refractivity contribution in [3.05, 3.63) is 59.7 Å². The highest BCUT2D eigenvalue weighted by Crippen LogP contribution is 2.26. The first-order valence-corrected chi connectivity index (χ1v) is 9.73. The molecule has 124 valence electrons. The van der Waals surface area contributed by atoms with Gasteiger partial charge in [0.1, 0.15) is 0 Å². The lowest BCUT2D eigenvalue weighted by Crippen LogP contribution is -2.04. The molecule has 1 N–H and O–H groups in total. The van der Waals surface area contributed by atoms with Gasteiger partial charge in [0.15, 0.2) is 0 Å². The first kappa shape index (κ1) is 17.7. The Hall–Kier alpha value is -1.65. The average molecular weight is 332 g/mol. The summed E-state index contributed by atoms with van der Waals surface area (Å²) in [4.78, 5) is 0. The summed E-state index contributed by atoms with van der Waals surface area (Å²) in [6.07, 6.45) is 4.20. The number of unbranched alkanes of at least 4 members (excludes halogenated alkanes) is 1. The highest BCUT2D eigenvalue weighted by molar-refractivity contribution is 7.85.